The Morgan fingerprint density at radius 1 is 1.50 bits per heavy atom. The number of aryl methyl sites for hydroxylation is 1. The minimum Gasteiger partial charge on any atom is -0.383 e. The molecule has 20 heavy (non-hydrogen) atoms. The number of hydrogen-bond acceptors (Lipinski definition) is 5. The highest BCUT2D eigenvalue weighted by atomic mass is 32.1. The van der Waals surface area contributed by atoms with E-state index in [1.54, 1.807) is 18.4 Å². The molecule has 1 aromatic carbocycles. The van der Waals surface area contributed by atoms with Crippen molar-refractivity contribution in [2.24, 2.45) is 0 Å². The van der Waals surface area contributed by atoms with Gasteiger partial charge in [-0.25, -0.2) is 4.98 Å². The number of nitrogens with one attached hydrogen (secondary N) is 2. The lowest BCUT2D eigenvalue weighted by molar-refractivity contribution is -0.121. The minimum absolute atomic E-state index is 0.0579. The summed E-state index contributed by atoms with van der Waals surface area (Å²) in [6.45, 7) is 4.89. The van der Waals surface area contributed by atoms with E-state index in [0.717, 1.165) is 15.3 Å². The maximum absolute atomic E-state index is 11.8. The Morgan fingerprint density at radius 2 is 2.30 bits per heavy atom. The number of amides is 1. The first-order valence-corrected chi connectivity index (χ1v) is 7.32. The van der Waals surface area contributed by atoms with Crippen LogP contribution in [0.2, 0.25) is 0 Å². The van der Waals surface area contributed by atoms with Crippen LogP contribution in [-0.4, -0.2) is 37.2 Å². The zero-order valence-electron chi connectivity index (χ0n) is 11.9. The number of methoxy groups -OCH3 is 1. The van der Waals surface area contributed by atoms with E-state index in [4.69, 9.17) is 4.74 Å². The summed E-state index contributed by atoms with van der Waals surface area (Å²) in [6.07, 6.45) is 0. The number of hydrogen-bond donors (Lipinski definition) is 2. The van der Waals surface area contributed by atoms with Gasteiger partial charge in [-0.3, -0.25) is 4.79 Å². The Morgan fingerprint density at radius 3 is 3.05 bits per heavy atom. The van der Waals surface area contributed by atoms with Gasteiger partial charge in [0.15, 0.2) is 5.13 Å². The number of ether oxygens (including phenoxy) is 1. The van der Waals surface area contributed by atoms with Gasteiger partial charge in [-0.1, -0.05) is 17.4 Å². The van der Waals surface area contributed by atoms with E-state index in [9.17, 15) is 4.79 Å². The lowest BCUT2D eigenvalue weighted by Gasteiger charge is -2.12. The first kappa shape index (κ1) is 14.7. The molecule has 1 heterocycles. The molecule has 0 spiro atoms. The summed E-state index contributed by atoms with van der Waals surface area (Å²) in [6, 6.07) is 5.83. The first-order valence-electron chi connectivity index (χ1n) is 6.50. The molecule has 0 bridgehead atoms. The van der Waals surface area contributed by atoms with Crippen molar-refractivity contribution >= 4 is 32.6 Å². The van der Waals surface area contributed by atoms with Crippen molar-refractivity contribution in [3.8, 4) is 0 Å². The highest BCUT2D eigenvalue weighted by Crippen LogP contribution is 2.26. The van der Waals surface area contributed by atoms with Crippen LogP contribution in [0.25, 0.3) is 10.2 Å². The zero-order chi connectivity index (χ0) is 14.5. The summed E-state index contributed by atoms with van der Waals surface area (Å²) in [4.78, 5) is 16.3. The molecule has 2 rings (SSSR count). The van der Waals surface area contributed by atoms with Crippen LogP contribution < -0.4 is 10.6 Å². The lowest BCUT2D eigenvalue weighted by Crippen LogP contribution is -2.38. The predicted octanol–water partition coefficient (Wildman–Crippen LogP) is 2.17. The van der Waals surface area contributed by atoms with Crippen molar-refractivity contribution < 1.29 is 9.53 Å². The minimum atomic E-state index is -0.325. The molecule has 0 fully saturated rings. The molecular weight excluding hydrogens is 274 g/mol. The number of anilines is 1. The molecule has 1 atom stereocenters. The number of nitrogens with zero attached hydrogens (tertiary/aromatic N) is 1. The molecule has 0 aliphatic carbocycles. The molecule has 108 valence electrons. The van der Waals surface area contributed by atoms with Crippen LogP contribution >= 0.6 is 11.3 Å². The molecule has 1 amide bonds. The second-order valence-corrected chi connectivity index (χ2v) is 5.67. The van der Waals surface area contributed by atoms with Crippen molar-refractivity contribution in [3.63, 3.8) is 0 Å². The first-order chi connectivity index (χ1) is 9.60. The van der Waals surface area contributed by atoms with Gasteiger partial charge in [-0.2, -0.15) is 0 Å². The normalized spacial score (nSPS) is 12.3. The van der Waals surface area contributed by atoms with Crippen molar-refractivity contribution in [1.29, 1.82) is 0 Å². The molecular formula is C14H19N3O2S. The molecule has 0 saturated carbocycles. The molecule has 1 aromatic heterocycles. The maximum Gasteiger partial charge on any atom is 0.242 e. The second kappa shape index (κ2) is 6.67. The topological polar surface area (TPSA) is 63.2 Å². The molecule has 5 nitrogen and oxygen atoms in total. The van der Waals surface area contributed by atoms with Gasteiger partial charge in [0.1, 0.15) is 6.04 Å². The van der Waals surface area contributed by atoms with Gasteiger partial charge in [0, 0.05) is 13.7 Å². The van der Waals surface area contributed by atoms with Gasteiger partial charge in [-0.05, 0) is 31.5 Å². The third-order valence-electron chi connectivity index (χ3n) is 2.88. The van der Waals surface area contributed by atoms with Crippen LogP contribution in [-0.2, 0) is 9.53 Å². The fraction of sp³-hybridized carbons (Fsp3) is 0.429. The molecule has 2 aromatic rings. The molecule has 1 unspecified atom stereocenters. The Labute approximate surface area is 122 Å². The van der Waals surface area contributed by atoms with E-state index in [0.29, 0.717) is 13.2 Å². The van der Waals surface area contributed by atoms with Crippen molar-refractivity contribution in [3.05, 3.63) is 23.8 Å². The molecule has 0 radical (unpaired) electrons. The monoisotopic (exact) mass is 293 g/mol. The zero-order valence-corrected chi connectivity index (χ0v) is 12.7. The standard InChI is InChI=1S/C14H19N3O2S/c1-9-4-5-12-11(8-9)17-14(20-12)16-10(2)13(18)15-6-7-19-3/h4-5,8,10H,6-7H2,1-3H3,(H,15,18)(H,16,17). The fourth-order valence-corrected chi connectivity index (χ4v) is 2.71. The SMILES string of the molecule is COCCNC(=O)C(C)Nc1nc2cc(C)ccc2s1. The van der Waals surface area contributed by atoms with E-state index < -0.39 is 0 Å². The van der Waals surface area contributed by atoms with E-state index >= 15 is 0 Å². The number of aromatic nitrogens is 1. The van der Waals surface area contributed by atoms with Gasteiger partial charge >= 0.3 is 0 Å². The summed E-state index contributed by atoms with van der Waals surface area (Å²) in [5, 5.41) is 6.69. The summed E-state index contributed by atoms with van der Waals surface area (Å²) in [7, 11) is 1.61. The van der Waals surface area contributed by atoms with Gasteiger partial charge in [-0.15, -0.1) is 0 Å². The van der Waals surface area contributed by atoms with Crippen molar-refractivity contribution in [1.82, 2.24) is 10.3 Å². The van der Waals surface area contributed by atoms with Crippen molar-refractivity contribution in [2.45, 2.75) is 19.9 Å². The number of carbonyl (C=O) groups is 1. The fourth-order valence-electron chi connectivity index (χ4n) is 1.78. The van der Waals surface area contributed by atoms with E-state index in [2.05, 4.69) is 27.8 Å². The van der Waals surface area contributed by atoms with Gasteiger partial charge in [0.2, 0.25) is 5.91 Å². The molecule has 6 heteroatoms. The van der Waals surface area contributed by atoms with Crippen LogP contribution in [0.3, 0.4) is 0 Å². The molecule has 0 saturated heterocycles. The Bertz CT molecular complexity index is 597. The van der Waals surface area contributed by atoms with Crippen LogP contribution in [0.4, 0.5) is 5.13 Å². The van der Waals surface area contributed by atoms with Gasteiger partial charge in [0.25, 0.3) is 0 Å². The van der Waals surface area contributed by atoms with Gasteiger partial charge in [0.05, 0.1) is 16.8 Å². The summed E-state index contributed by atoms with van der Waals surface area (Å²) in [5.41, 5.74) is 2.14. The third-order valence-corrected chi connectivity index (χ3v) is 3.85. The highest BCUT2D eigenvalue weighted by Gasteiger charge is 2.14. The second-order valence-electron chi connectivity index (χ2n) is 4.64. The van der Waals surface area contributed by atoms with Gasteiger partial charge < -0.3 is 15.4 Å². The number of benzene rings is 1. The van der Waals surface area contributed by atoms with Crippen LogP contribution in [0.5, 0.6) is 0 Å². The lowest BCUT2D eigenvalue weighted by atomic mass is 10.2. The number of fused-ring (bicyclic) bond motifs is 1. The van der Waals surface area contributed by atoms with Crippen molar-refractivity contribution in [2.75, 3.05) is 25.6 Å². The third kappa shape index (κ3) is 3.68. The summed E-state index contributed by atoms with van der Waals surface area (Å²) >= 11 is 1.55. The number of carbonyl (C=O) groups excluding carboxylic acids is 1. The average Bonchev–Trinajstić information content (AvgIpc) is 2.80. The highest BCUT2D eigenvalue weighted by molar-refractivity contribution is 7.22. The largest absolute Gasteiger partial charge is 0.383 e. The maximum atomic E-state index is 11.8. The van der Waals surface area contributed by atoms with E-state index in [1.807, 2.05) is 19.9 Å². The van der Waals surface area contributed by atoms with Crippen LogP contribution in [0, 0.1) is 6.92 Å². The summed E-state index contributed by atoms with van der Waals surface area (Å²) in [5.74, 6) is -0.0579. The molecule has 0 aliphatic rings. The van der Waals surface area contributed by atoms with E-state index in [1.165, 1.54) is 5.56 Å². The average molecular weight is 293 g/mol. The molecule has 0 aliphatic heterocycles. The number of rotatable bonds is 6. The molecule has 2 N–H and O–H groups in total. The number of thiazole rings is 1. The Hall–Kier alpha value is -1.66. The van der Waals surface area contributed by atoms with Crippen LogP contribution in [0.1, 0.15) is 12.5 Å². The summed E-state index contributed by atoms with van der Waals surface area (Å²) < 4.78 is 6.01. The van der Waals surface area contributed by atoms with E-state index in [-0.39, 0.29) is 11.9 Å². The predicted molar refractivity (Wildman–Crippen MR) is 82.3 cm³/mol. The Kier molecular flexibility index (Phi) is 4.92. The quantitative estimate of drug-likeness (QED) is 0.801. The smallest absolute Gasteiger partial charge is 0.242 e. The Balaban J connectivity index is 1.98. The van der Waals surface area contributed by atoms with Crippen LogP contribution in [0.15, 0.2) is 18.2 Å².